The Labute approximate surface area is 91.1 Å². The van der Waals surface area contributed by atoms with Gasteiger partial charge in [0.05, 0.1) is 12.4 Å². The molecule has 0 amide bonds. The quantitative estimate of drug-likeness (QED) is 0.643. The Balaban J connectivity index is 2.77. The molecule has 1 rings (SSSR count). The second-order valence-electron chi connectivity index (χ2n) is 3.58. The molecular weight excluding hydrogens is 196 g/mol. The summed E-state index contributed by atoms with van der Waals surface area (Å²) in [6, 6.07) is 0. The predicted molar refractivity (Wildman–Crippen MR) is 61.2 cm³/mol. The van der Waals surface area contributed by atoms with Crippen molar-refractivity contribution in [1.29, 1.82) is 0 Å². The van der Waals surface area contributed by atoms with E-state index in [0.29, 0.717) is 11.0 Å². The third kappa shape index (κ3) is 2.91. The van der Waals surface area contributed by atoms with E-state index in [1.807, 2.05) is 13.0 Å². The number of rotatable bonds is 3. The van der Waals surface area contributed by atoms with E-state index in [1.54, 1.807) is 6.08 Å². The summed E-state index contributed by atoms with van der Waals surface area (Å²) in [6.45, 7) is 8.65. The number of hydrogen-bond donors (Lipinski definition) is 0. The first-order chi connectivity index (χ1) is 6.65. The van der Waals surface area contributed by atoms with E-state index in [0.717, 1.165) is 25.2 Å². The fourth-order valence-corrected chi connectivity index (χ4v) is 1.90. The molecule has 2 heteroatoms. The van der Waals surface area contributed by atoms with Crippen LogP contribution in [0.5, 0.6) is 0 Å². The molecule has 1 nitrogen and oxygen atoms in total. The molecule has 0 radical (unpaired) electrons. The first kappa shape index (κ1) is 11.4. The Bertz CT molecular complexity index is 276. The maximum atomic E-state index is 5.91. The van der Waals surface area contributed by atoms with Crippen LogP contribution in [-0.4, -0.2) is 6.61 Å². The van der Waals surface area contributed by atoms with E-state index < -0.39 is 0 Å². The fraction of sp³-hybridized carbons (Fsp3) is 0.500. The minimum atomic E-state index is 0.348. The zero-order valence-electron chi connectivity index (χ0n) is 8.85. The number of allylic oxidation sites excluding steroid dienone is 5. The van der Waals surface area contributed by atoms with E-state index >= 15 is 0 Å². The first-order valence-corrected chi connectivity index (χ1v) is 5.35. The van der Waals surface area contributed by atoms with Gasteiger partial charge in [0.1, 0.15) is 0 Å². The predicted octanol–water partition coefficient (Wildman–Crippen LogP) is 4.02. The average molecular weight is 213 g/mol. The number of hydrogen-bond acceptors (Lipinski definition) is 1. The first-order valence-electron chi connectivity index (χ1n) is 4.97. The van der Waals surface area contributed by atoms with Crippen LogP contribution in [0, 0.1) is 5.92 Å². The lowest BCUT2D eigenvalue weighted by Gasteiger charge is -2.22. The topological polar surface area (TPSA) is 9.23 Å². The molecule has 0 spiro atoms. The minimum Gasteiger partial charge on any atom is -0.498 e. The highest BCUT2D eigenvalue weighted by Crippen LogP contribution is 2.27. The monoisotopic (exact) mass is 212 g/mol. The van der Waals surface area contributed by atoms with Crippen molar-refractivity contribution >= 4 is 11.6 Å². The van der Waals surface area contributed by atoms with Crippen LogP contribution < -0.4 is 0 Å². The van der Waals surface area contributed by atoms with E-state index in [9.17, 15) is 0 Å². The Morgan fingerprint density at radius 3 is 2.93 bits per heavy atom. The SMILES string of the molecule is C=C/C(Cl)=C\C(C)C1=C(C)OCCC1. The Hall–Kier alpha value is -0.690. The van der Waals surface area contributed by atoms with Gasteiger partial charge in [0, 0.05) is 11.0 Å². The van der Waals surface area contributed by atoms with Crippen molar-refractivity contribution in [1.82, 2.24) is 0 Å². The van der Waals surface area contributed by atoms with Crippen LogP contribution in [0.3, 0.4) is 0 Å². The van der Waals surface area contributed by atoms with Gasteiger partial charge in [-0.25, -0.2) is 0 Å². The van der Waals surface area contributed by atoms with Crippen LogP contribution >= 0.6 is 11.6 Å². The summed E-state index contributed by atoms with van der Waals surface area (Å²) in [5, 5.41) is 0.711. The lowest BCUT2D eigenvalue weighted by atomic mass is 9.94. The molecule has 0 aromatic rings. The van der Waals surface area contributed by atoms with Crippen LogP contribution in [-0.2, 0) is 4.74 Å². The molecule has 1 unspecified atom stereocenters. The summed E-state index contributed by atoms with van der Waals surface area (Å²) in [6.07, 6.45) is 5.90. The molecule has 0 saturated carbocycles. The lowest BCUT2D eigenvalue weighted by Crippen LogP contribution is -2.09. The molecule has 1 aliphatic rings. The van der Waals surface area contributed by atoms with Gasteiger partial charge in [-0.3, -0.25) is 0 Å². The molecule has 0 aromatic heterocycles. The molecule has 0 saturated heterocycles. The van der Waals surface area contributed by atoms with E-state index in [2.05, 4.69) is 13.5 Å². The van der Waals surface area contributed by atoms with Gasteiger partial charge in [-0.1, -0.05) is 37.3 Å². The molecule has 0 aliphatic carbocycles. The van der Waals surface area contributed by atoms with Gasteiger partial charge in [-0.15, -0.1) is 0 Å². The van der Waals surface area contributed by atoms with Crippen molar-refractivity contribution in [3.8, 4) is 0 Å². The van der Waals surface area contributed by atoms with Crippen LogP contribution in [0.15, 0.2) is 35.1 Å². The number of ether oxygens (including phenoxy) is 1. The molecular formula is C12H17ClO. The zero-order valence-corrected chi connectivity index (χ0v) is 9.60. The Morgan fingerprint density at radius 2 is 2.36 bits per heavy atom. The normalized spacial score (nSPS) is 20.4. The Morgan fingerprint density at radius 1 is 1.64 bits per heavy atom. The van der Waals surface area contributed by atoms with Gasteiger partial charge in [-0.05, 0) is 25.3 Å². The maximum Gasteiger partial charge on any atom is 0.0926 e. The summed E-state index contributed by atoms with van der Waals surface area (Å²) < 4.78 is 5.51. The van der Waals surface area contributed by atoms with Crippen LogP contribution in [0.25, 0.3) is 0 Å². The second kappa shape index (κ2) is 5.26. The summed E-state index contributed by atoms with van der Waals surface area (Å²) in [5.41, 5.74) is 1.36. The van der Waals surface area contributed by atoms with Crippen molar-refractivity contribution in [3.05, 3.63) is 35.1 Å². The van der Waals surface area contributed by atoms with E-state index in [-0.39, 0.29) is 0 Å². The molecule has 1 aliphatic heterocycles. The smallest absolute Gasteiger partial charge is 0.0926 e. The van der Waals surface area contributed by atoms with Gasteiger partial charge in [0.25, 0.3) is 0 Å². The molecule has 14 heavy (non-hydrogen) atoms. The molecule has 78 valence electrons. The van der Waals surface area contributed by atoms with Gasteiger partial charge in [0.2, 0.25) is 0 Å². The highest BCUT2D eigenvalue weighted by atomic mass is 35.5. The van der Waals surface area contributed by atoms with Gasteiger partial charge in [-0.2, -0.15) is 0 Å². The molecule has 0 bridgehead atoms. The third-order valence-electron chi connectivity index (χ3n) is 2.52. The summed E-state index contributed by atoms with van der Waals surface area (Å²) in [5.74, 6) is 1.41. The number of halogens is 1. The average Bonchev–Trinajstić information content (AvgIpc) is 2.18. The van der Waals surface area contributed by atoms with E-state index in [4.69, 9.17) is 16.3 Å². The Kier molecular flexibility index (Phi) is 4.27. The fourth-order valence-electron chi connectivity index (χ4n) is 1.71. The second-order valence-corrected chi connectivity index (χ2v) is 4.01. The zero-order chi connectivity index (χ0) is 10.6. The van der Waals surface area contributed by atoms with Crippen LogP contribution in [0.2, 0.25) is 0 Å². The van der Waals surface area contributed by atoms with Gasteiger partial charge in [0.15, 0.2) is 0 Å². The lowest BCUT2D eigenvalue weighted by molar-refractivity contribution is 0.185. The molecule has 1 heterocycles. The van der Waals surface area contributed by atoms with Gasteiger partial charge < -0.3 is 4.74 Å². The summed E-state index contributed by atoms with van der Waals surface area (Å²) in [4.78, 5) is 0. The van der Waals surface area contributed by atoms with Crippen molar-refractivity contribution in [2.45, 2.75) is 26.7 Å². The van der Waals surface area contributed by atoms with Crippen molar-refractivity contribution < 1.29 is 4.74 Å². The largest absolute Gasteiger partial charge is 0.498 e. The highest BCUT2D eigenvalue weighted by molar-refractivity contribution is 6.31. The van der Waals surface area contributed by atoms with Crippen molar-refractivity contribution in [3.63, 3.8) is 0 Å². The van der Waals surface area contributed by atoms with Crippen molar-refractivity contribution in [2.75, 3.05) is 6.61 Å². The minimum absolute atomic E-state index is 0.348. The van der Waals surface area contributed by atoms with E-state index in [1.165, 1.54) is 5.57 Å². The summed E-state index contributed by atoms with van der Waals surface area (Å²) in [7, 11) is 0. The molecule has 0 aromatic carbocycles. The summed E-state index contributed by atoms with van der Waals surface area (Å²) >= 11 is 5.91. The van der Waals surface area contributed by atoms with Gasteiger partial charge >= 0.3 is 0 Å². The maximum absolute atomic E-state index is 5.91. The molecule has 1 atom stereocenters. The van der Waals surface area contributed by atoms with Crippen LogP contribution in [0.4, 0.5) is 0 Å². The third-order valence-corrected chi connectivity index (χ3v) is 2.80. The molecule has 0 N–H and O–H groups in total. The standard InChI is InChI=1S/C12H17ClO/c1-4-11(13)8-9(2)12-6-5-7-14-10(12)3/h4,8-9H,1,5-7H2,2-3H3/b11-8+. The molecule has 0 fully saturated rings. The van der Waals surface area contributed by atoms with Crippen molar-refractivity contribution in [2.24, 2.45) is 5.92 Å². The van der Waals surface area contributed by atoms with Crippen LogP contribution in [0.1, 0.15) is 26.7 Å². The highest BCUT2D eigenvalue weighted by Gasteiger charge is 2.14.